The van der Waals surface area contributed by atoms with Gasteiger partial charge in [-0.1, -0.05) is 6.92 Å². The van der Waals surface area contributed by atoms with E-state index < -0.39 is 0 Å². The molecule has 0 amide bonds. The Labute approximate surface area is 113 Å². The fourth-order valence-corrected chi connectivity index (χ4v) is 3.68. The molecule has 19 heavy (non-hydrogen) atoms. The highest BCUT2D eigenvalue weighted by atomic mass is 19.1. The van der Waals surface area contributed by atoms with Gasteiger partial charge in [-0.25, -0.2) is 8.78 Å². The van der Waals surface area contributed by atoms with Crippen LogP contribution >= 0.6 is 0 Å². The summed E-state index contributed by atoms with van der Waals surface area (Å²) < 4.78 is 27.9. The molecule has 3 unspecified atom stereocenters. The van der Waals surface area contributed by atoms with Crippen molar-refractivity contribution in [1.82, 2.24) is 5.32 Å². The predicted octanol–water partition coefficient (Wildman–Crippen LogP) is 3.97. The van der Waals surface area contributed by atoms with Gasteiger partial charge in [-0.05, 0) is 68.2 Å². The van der Waals surface area contributed by atoms with Gasteiger partial charge in [0.15, 0.2) is 0 Å². The van der Waals surface area contributed by atoms with Crippen molar-refractivity contribution in [3.05, 3.63) is 34.9 Å². The van der Waals surface area contributed by atoms with Crippen LogP contribution in [0, 0.1) is 36.3 Å². The molecule has 104 valence electrons. The van der Waals surface area contributed by atoms with Crippen molar-refractivity contribution in [3.63, 3.8) is 0 Å². The number of aryl methyl sites for hydroxylation is 1. The standard InChI is InChI=1S/C16H21F2N/c1-3-19-16(12-6-10-5-11(10)7-12)13-8-14(17)9(2)4-15(13)18/h4,8,10-12,16,19H,3,5-7H2,1-2H3. The summed E-state index contributed by atoms with van der Waals surface area (Å²) in [6.45, 7) is 4.41. The summed E-state index contributed by atoms with van der Waals surface area (Å²) in [5.74, 6) is 1.59. The quantitative estimate of drug-likeness (QED) is 0.868. The Bertz CT molecular complexity index is 476. The zero-order chi connectivity index (χ0) is 13.6. The minimum absolute atomic E-state index is 0.0344. The molecule has 3 heteroatoms. The highest BCUT2D eigenvalue weighted by Crippen LogP contribution is 2.57. The lowest BCUT2D eigenvalue weighted by atomic mass is 9.88. The molecule has 0 spiro atoms. The van der Waals surface area contributed by atoms with Gasteiger partial charge < -0.3 is 5.32 Å². The van der Waals surface area contributed by atoms with E-state index in [-0.39, 0.29) is 17.7 Å². The number of hydrogen-bond acceptors (Lipinski definition) is 1. The molecular weight excluding hydrogens is 244 g/mol. The number of hydrogen-bond donors (Lipinski definition) is 1. The van der Waals surface area contributed by atoms with Gasteiger partial charge >= 0.3 is 0 Å². The number of fused-ring (bicyclic) bond motifs is 1. The van der Waals surface area contributed by atoms with Gasteiger partial charge in [0, 0.05) is 11.6 Å². The zero-order valence-corrected chi connectivity index (χ0v) is 11.5. The van der Waals surface area contributed by atoms with Gasteiger partial charge in [-0.15, -0.1) is 0 Å². The molecule has 1 nitrogen and oxygen atoms in total. The van der Waals surface area contributed by atoms with Crippen LogP contribution in [0.15, 0.2) is 12.1 Å². The van der Waals surface area contributed by atoms with Gasteiger partial charge in [0.2, 0.25) is 0 Å². The van der Waals surface area contributed by atoms with Crippen LogP contribution in [0.5, 0.6) is 0 Å². The average Bonchev–Trinajstić information content (AvgIpc) is 2.98. The summed E-state index contributed by atoms with van der Waals surface area (Å²) in [4.78, 5) is 0. The van der Waals surface area contributed by atoms with Crippen LogP contribution < -0.4 is 5.32 Å². The van der Waals surface area contributed by atoms with Crippen molar-refractivity contribution >= 4 is 0 Å². The van der Waals surface area contributed by atoms with Crippen LogP contribution in [0.3, 0.4) is 0 Å². The van der Waals surface area contributed by atoms with Crippen molar-refractivity contribution in [2.24, 2.45) is 17.8 Å². The summed E-state index contributed by atoms with van der Waals surface area (Å²) in [5, 5.41) is 3.36. The van der Waals surface area contributed by atoms with E-state index in [2.05, 4.69) is 5.32 Å². The van der Waals surface area contributed by atoms with Crippen molar-refractivity contribution in [1.29, 1.82) is 0 Å². The Morgan fingerprint density at radius 3 is 2.47 bits per heavy atom. The minimum Gasteiger partial charge on any atom is -0.310 e. The van der Waals surface area contributed by atoms with Crippen LogP contribution in [-0.2, 0) is 0 Å². The molecule has 2 aliphatic rings. The largest absolute Gasteiger partial charge is 0.310 e. The SMILES string of the molecule is CCNC(c1cc(F)c(C)cc1F)C1CC2CC2C1. The Kier molecular flexibility index (Phi) is 3.34. The van der Waals surface area contributed by atoms with Gasteiger partial charge in [0.1, 0.15) is 11.6 Å². The van der Waals surface area contributed by atoms with Crippen LogP contribution in [-0.4, -0.2) is 6.54 Å². The van der Waals surface area contributed by atoms with E-state index in [1.54, 1.807) is 6.92 Å². The van der Waals surface area contributed by atoms with Crippen molar-refractivity contribution in [2.45, 2.75) is 39.2 Å². The Morgan fingerprint density at radius 1 is 1.16 bits per heavy atom. The third-order valence-corrected chi connectivity index (χ3v) is 4.79. The second-order valence-electron chi connectivity index (χ2n) is 6.15. The van der Waals surface area contributed by atoms with Crippen molar-refractivity contribution in [3.8, 4) is 0 Å². The summed E-state index contributed by atoms with van der Waals surface area (Å²) in [6, 6.07) is 2.68. The molecule has 3 rings (SSSR count). The first-order valence-electron chi connectivity index (χ1n) is 7.29. The third-order valence-electron chi connectivity index (χ3n) is 4.79. The fourth-order valence-electron chi connectivity index (χ4n) is 3.68. The molecule has 2 aliphatic carbocycles. The van der Waals surface area contributed by atoms with E-state index in [4.69, 9.17) is 0 Å². The molecule has 2 saturated carbocycles. The van der Waals surface area contributed by atoms with Gasteiger partial charge in [-0.2, -0.15) is 0 Å². The first-order chi connectivity index (χ1) is 9.10. The van der Waals surface area contributed by atoms with Gasteiger partial charge in [0.25, 0.3) is 0 Å². The molecule has 0 aromatic heterocycles. The zero-order valence-electron chi connectivity index (χ0n) is 11.5. The van der Waals surface area contributed by atoms with Gasteiger partial charge in [-0.3, -0.25) is 0 Å². The Hall–Kier alpha value is -0.960. The topological polar surface area (TPSA) is 12.0 Å². The lowest BCUT2D eigenvalue weighted by molar-refractivity contribution is 0.336. The van der Waals surface area contributed by atoms with E-state index in [1.807, 2.05) is 6.92 Å². The normalized spacial score (nSPS) is 30.2. The monoisotopic (exact) mass is 265 g/mol. The maximum atomic E-state index is 14.2. The summed E-state index contributed by atoms with van der Waals surface area (Å²) >= 11 is 0. The molecule has 0 bridgehead atoms. The molecule has 0 radical (unpaired) electrons. The lowest BCUT2D eigenvalue weighted by Gasteiger charge is -2.26. The molecule has 0 saturated heterocycles. The summed E-state index contributed by atoms with van der Waals surface area (Å²) in [6.07, 6.45) is 3.68. The Balaban J connectivity index is 1.88. The number of rotatable bonds is 4. The molecule has 0 aliphatic heterocycles. The first-order valence-corrected chi connectivity index (χ1v) is 7.29. The maximum absolute atomic E-state index is 14.2. The molecule has 3 atom stereocenters. The van der Waals surface area contributed by atoms with Crippen molar-refractivity contribution < 1.29 is 8.78 Å². The van der Waals surface area contributed by atoms with E-state index in [0.717, 1.165) is 31.2 Å². The second-order valence-corrected chi connectivity index (χ2v) is 6.15. The van der Waals surface area contributed by atoms with E-state index in [0.29, 0.717) is 17.0 Å². The number of halogens is 2. The first kappa shape index (κ1) is 13.0. The van der Waals surface area contributed by atoms with E-state index >= 15 is 0 Å². The molecule has 2 fully saturated rings. The fraction of sp³-hybridized carbons (Fsp3) is 0.625. The lowest BCUT2D eigenvalue weighted by Crippen LogP contribution is -2.28. The molecule has 1 N–H and O–H groups in total. The number of nitrogens with one attached hydrogen (secondary N) is 1. The summed E-state index contributed by atoms with van der Waals surface area (Å²) in [7, 11) is 0. The van der Waals surface area contributed by atoms with Crippen LogP contribution in [0.2, 0.25) is 0 Å². The third kappa shape index (κ3) is 2.40. The highest BCUT2D eigenvalue weighted by Gasteiger charge is 2.48. The predicted molar refractivity (Wildman–Crippen MR) is 71.8 cm³/mol. The molecule has 0 heterocycles. The van der Waals surface area contributed by atoms with E-state index in [9.17, 15) is 8.78 Å². The molecule has 1 aromatic carbocycles. The van der Waals surface area contributed by atoms with Gasteiger partial charge in [0.05, 0.1) is 0 Å². The van der Waals surface area contributed by atoms with Crippen LogP contribution in [0.1, 0.15) is 43.4 Å². The highest BCUT2D eigenvalue weighted by molar-refractivity contribution is 5.28. The Morgan fingerprint density at radius 2 is 1.84 bits per heavy atom. The minimum atomic E-state index is -0.303. The molecule has 1 aromatic rings. The van der Waals surface area contributed by atoms with Crippen LogP contribution in [0.25, 0.3) is 0 Å². The maximum Gasteiger partial charge on any atom is 0.128 e. The summed E-state index contributed by atoms with van der Waals surface area (Å²) in [5.41, 5.74) is 0.891. The van der Waals surface area contributed by atoms with Crippen molar-refractivity contribution in [2.75, 3.05) is 6.54 Å². The average molecular weight is 265 g/mol. The second kappa shape index (κ2) is 4.86. The van der Waals surface area contributed by atoms with E-state index in [1.165, 1.54) is 18.6 Å². The molecular formula is C16H21F2N. The number of benzene rings is 1. The van der Waals surface area contributed by atoms with Crippen LogP contribution in [0.4, 0.5) is 8.78 Å². The smallest absolute Gasteiger partial charge is 0.128 e.